The molecular formula is C25H36F3N3O2. The number of amides is 1. The maximum atomic E-state index is 13.4. The molecule has 1 aromatic rings. The van der Waals surface area contributed by atoms with Crippen molar-refractivity contribution >= 4 is 11.8 Å². The van der Waals surface area contributed by atoms with Crippen molar-refractivity contribution in [2.75, 3.05) is 31.1 Å². The van der Waals surface area contributed by atoms with Crippen LogP contribution >= 0.6 is 0 Å². The van der Waals surface area contributed by atoms with Crippen molar-refractivity contribution in [3.05, 3.63) is 29.3 Å². The van der Waals surface area contributed by atoms with Gasteiger partial charge in [0.1, 0.15) is 5.60 Å². The van der Waals surface area contributed by atoms with E-state index in [-0.39, 0.29) is 6.09 Å². The molecule has 1 saturated carbocycles. The topological polar surface area (TPSA) is 36.0 Å². The lowest BCUT2D eigenvalue weighted by Crippen LogP contribution is -2.48. The van der Waals surface area contributed by atoms with E-state index in [1.54, 1.807) is 11.0 Å². The maximum Gasteiger partial charge on any atom is 0.416 e. The zero-order valence-corrected chi connectivity index (χ0v) is 20.0. The van der Waals surface area contributed by atoms with E-state index in [9.17, 15) is 18.0 Å². The number of alkyl halides is 3. The van der Waals surface area contributed by atoms with Gasteiger partial charge in [-0.15, -0.1) is 0 Å². The molecule has 1 aliphatic carbocycles. The van der Waals surface area contributed by atoms with Gasteiger partial charge in [0.25, 0.3) is 0 Å². The van der Waals surface area contributed by atoms with Crippen LogP contribution in [-0.4, -0.2) is 59.8 Å². The fourth-order valence-corrected chi connectivity index (χ4v) is 4.99. The first-order valence-electron chi connectivity index (χ1n) is 12.2. The van der Waals surface area contributed by atoms with Crippen molar-refractivity contribution in [2.45, 2.75) is 89.7 Å². The number of anilines is 1. The van der Waals surface area contributed by atoms with E-state index in [2.05, 4.69) is 9.80 Å². The number of nitrogens with zero attached hydrogens (tertiary/aromatic N) is 3. The van der Waals surface area contributed by atoms with E-state index in [4.69, 9.17) is 4.74 Å². The van der Waals surface area contributed by atoms with Gasteiger partial charge >= 0.3 is 12.3 Å². The van der Waals surface area contributed by atoms with Gasteiger partial charge in [-0.1, -0.05) is 6.07 Å². The van der Waals surface area contributed by atoms with Gasteiger partial charge in [-0.05, 0) is 77.0 Å². The van der Waals surface area contributed by atoms with Crippen LogP contribution in [0.15, 0.2) is 18.2 Å². The molecule has 0 N–H and O–H groups in total. The molecule has 3 aliphatic rings. The number of hydrogen-bond acceptors (Lipinski definition) is 4. The van der Waals surface area contributed by atoms with E-state index in [1.165, 1.54) is 12.1 Å². The van der Waals surface area contributed by atoms with Gasteiger partial charge in [-0.3, -0.25) is 4.90 Å². The summed E-state index contributed by atoms with van der Waals surface area (Å²) < 4.78 is 45.8. The zero-order chi connectivity index (χ0) is 23.8. The summed E-state index contributed by atoms with van der Waals surface area (Å²) >= 11 is 0. The molecule has 0 spiro atoms. The monoisotopic (exact) mass is 467 g/mol. The second kappa shape index (κ2) is 9.35. The largest absolute Gasteiger partial charge is 0.444 e. The molecule has 2 heterocycles. The summed E-state index contributed by atoms with van der Waals surface area (Å²) in [5.41, 5.74) is 0.630. The Morgan fingerprint density at radius 1 is 1.00 bits per heavy atom. The van der Waals surface area contributed by atoms with E-state index in [0.717, 1.165) is 62.9 Å². The number of benzene rings is 1. The first-order chi connectivity index (χ1) is 15.5. The van der Waals surface area contributed by atoms with Crippen LogP contribution in [0.25, 0.3) is 0 Å². The minimum atomic E-state index is -4.34. The summed E-state index contributed by atoms with van der Waals surface area (Å²) in [6.07, 6.45) is 1.41. The second-order valence-corrected chi connectivity index (χ2v) is 10.6. The molecule has 0 aromatic heterocycles. The van der Waals surface area contributed by atoms with Gasteiger partial charge in [0, 0.05) is 50.5 Å². The predicted molar refractivity (Wildman–Crippen MR) is 122 cm³/mol. The summed E-state index contributed by atoms with van der Waals surface area (Å²) in [6.45, 7) is 9.19. The Labute approximate surface area is 194 Å². The fraction of sp³-hybridized carbons (Fsp3) is 0.720. The molecule has 0 atom stereocenters. The van der Waals surface area contributed by atoms with Crippen molar-refractivity contribution in [2.24, 2.45) is 0 Å². The van der Waals surface area contributed by atoms with E-state index in [1.807, 2.05) is 20.8 Å². The number of carbonyl (C=O) groups is 1. The van der Waals surface area contributed by atoms with Crippen molar-refractivity contribution in [1.82, 2.24) is 9.80 Å². The molecule has 8 heteroatoms. The average Bonchev–Trinajstić information content (AvgIpc) is 3.43. The fourth-order valence-electron chi connectivity index (χ4n) is 4.99. The third kappa shape index (κ3) is 6.14. The molecule has 1 amide bonds. The standard InChI is InChI=1S/C25H36F3N3O2/c1-24(2,3)33-23(32)30-14-10-21(11-15-30)31(20-8-9-20)17-18-6-7-19(25(26,27)28)16-22(18)29-12-4-5-13-29/h6-7,16,20-21H,4-5,8-15,17H2,1-3H3. The Balaban J connectivity index is 1.47. The number of carbonyl (C=O) groups excluding carboxylic acids is 1. The minimum Gasteiger partial charge on any atom is -0.444 e. The molecule has 0 radical (unpaired) electrons. The summed E-state index contributed by atoms with van der Waals surface area (Å²) in [4.78, 5) is 18.8. The Hall–Kier alpha value is -1.96. The lowest BCUT2D eigenvalue weighted by Gasteiger charge is -2.39. The molecular weight excluding hydrogens is 431 g/mol. The third-order valence-electron chi connectivity index (χ3n) is 6.81. The molecule has 5 nitrogen and oxygen atoms in total. The molecule has 33 heavy (non-hydrogen) atoms. The van der Waals surface area contributed by atoms with Crippen molar-refractivity contribution in [1.29, 1.82) is 0 Å². The molecule has 0 bridgehead atoms. The van der Waals surface area contributed by atoms with Crippen LogP contribution in [0.5, 0.6) is 0 Å². The number of piperidine rings is 1. The van der Waals surface area contributed by atoms with Gasteiger partial charge in [-0.2, -0.15) is 13.2 Å². The van der Waals surface area contributed by atoms with Crippen LogP contribution < -0.4 is 4.90 Å². The number of halogens is 3. The lowest BCUT2D eigenvalue weighted by atomic mass is 10.0. The maximum absolute atomic E-state index is 13.4. The normalized spacial score (nSPS) is 20.6. The Kier molecular flexibility index (Phi) is 6.85. The molecule has 2 saturated heterocycles. The molecule has 3 fully saturated rings. The van der Waals surface area contributed by atoms with Crippen LogP contribution in [0.3, 0.4) is 0 Å². The molecule has 4 rings (SSSR count). The number of hydrogen-bond donors (Lipinski definition) is 0. The number of ether oxygens (including phenoxy) is 1. The Morgan fingerprint density at radius 3 is 2.15 bits per heavy atom. The highest BCUT2D eigenvalue weighted by Crippen LogP contribution is 2.38. The van der Waals surface area contributed by atoms with Gasteiger partial charge in [0.05, 0.1) is 5.56 Å². The first kappa shape index (κ1) is 24.2. The third-order valence-corrected chi connectivity index (χ3v) is 6.81. The van der Waals surface area contributed by atoms with Gasteiger partial charge < -0.3 is 14.5 Å². The van der Waals surface area contributed by atoms with Gasteiger partial charge in [-0.25, -0.2) is 4.79 Å². The minimum absolute atomic E-state index is 0.266. The second-order valence-electron chi connectivity index (χ2n) is 10.6. The highest BCUT2D eigenvalue weighted by molar-refractivity contribution is 5.68. The summed E-state index contributed by atoms with van der Waals surface area (Å²) in [5, 5.41) is 0. The molecule has 0 unspecified atom stereocenters. The summed E-state index contributed by atoms with van der Waals surface area (Å²) in [6, 6.07) is 5.06. The predicted octanol–water partition coefficient (Wildman–Crippen LogP) is 5.67. The smallest absolute Gasteiger partial charge is 0.416 e. The first-order valence-corrected chi connectivity index (χ1v) is 12.2. The van der Waals surface area contributed by atoms with Crippen LogP contribution in [0.1, 0.15) is 70.4 Å². The van der Waals surface area contributed by atoms with Crippen molar-refractivity contribution in [3.8, 4) is 0 Å². The van der Waals surface area contributed by atoms with Crippen LogP contribution in [0, 0.1) is 0 Å². The molecule has 184 valence electrons. The van der Waals surface area contributed by atoms with Crippen LogP contribution in [0.4, 0.5) is 23.7 Å². The number of likely N-dealkylation sites (tertiary alicyclic amines) is 1. The van der Waals surface area contributed by atoms with E-state index >= 15 is 0 Å². The summed E-state index contributed by atoms with van der Waals surface area (Å²) in [7, 11) is 0. The average molecular weight is 468 g/mol. The highest BCUT2D eigenvalue weighted by atomic mass is 19.4. The van der Waals surface area contributed by atoms with E-state index in [0.29, 0.717) is 31.7 Å². The summed E-state index contributed by atoms with van der Waals surface area (Å²) in [5.74, 6) is 0. The van der Waals surface area contributed by atoms with Crippen molar-refractivity contribution in [3.63, 3.8) is 0 Å². The highest BCUT2D eigenvalue weighted by Gasteiger charge is 2.38. The van der Waals surface area contributed by atoms with Gasteiger partial charge in [0.2, 0.25) is 0 Å². The SMILES string of the molecule is CC(C)(C)OC(=O)N1CCC(N(Cc2ccc(C(F)(F)F)cc2N2CCCC2)C2CC2)CC1. The van der Waals surface area contributed by atoms with Gasteiger partial charge in [0.15, 0.2) is 0 Å². The quantitative estimate of drug-likeness (QED) is 0.559. The van der Waals surface area contributed by atoms with Crippen LogP contribution in [-0.2, 0) is 17.5 Å². The molecule has 2 aliphatic heterocycles. The lowest BCUT2D eigenvalue weighted by molar-refractivity contribution is -0.137. The van der Waals surface area contributed by atoms with E-state index < -0.39 is 17.3 Å². The van der Waals surface area contributed by atoms with Crippen LogP contribution in [0.2, 0.25) is 0 Å². The molecule has 1 aromatic carbocycles. The Morgan fingerprint density at radius 2 is 1.61 bits per heavy atom. The Bertz CT molecular complexity index is 834. The van der Waals surface area contributed by atoms with Crippen molar-refractivity contribution < 1.29 is 22.7 Å². The number of rotatable bonds is 5. The zero-order valence-electron chi connectivity index (χ0n) is 20.0.